The van der Waals surface area contributed by atoms with E-state index in [1.165, 1.54) is 4.68 Å². The lowest BCUT2D eigenvalue weighted by Gasteiger charge is -2.13. The average molecular weight is 454 g/mol. The van der Waals surface area contributed by atoms with Crippen LogP contribution in [0.1, 0.15) is 42.5 Å². The Morgan fingerprint density at radius 1 is 1.03 bits per heavy atom. The Balaban J connectivity index is 1.61. The molecule has 34 heavy (non-hydrogen) atoms. The van der Waals surface area contributed by atoms with Gasteiger partial charge >= 0.3 is 0 Å². The van der Waals surface area contributed by atoms with Gasteiger partial charge in [0.1, 0.15) is 5.82 Å². The molecule has 9 nitrogen and oxygen atoms in total. The number of aromatic nitrogens is 6. The van der Waals surface area contributed by atoms with E-state index in [1.54, 1.807) is 31.5 Å². The molecule has 0 atom stereocenters. The number of hydrogen-bond acceptors (Lipinski definition) is 7. The molecule has 0 bridgehead atoms. The van der Waals surface area contributed by atoms with Crippen molar-refractivity contribution in [3.05, 3.63) is 77.9 Å². The number of hydrogen-bond donors (Lipinski definition) is 1. The van der Waals surface area contributed by atoms with Gasteiger partial charge in [-0.3, -0.25) is 4.79 Å². The zero-order valence-corrected chi connectivity index (χ0v) is 19.3. The Morgan fingerprint density at radius 2 is 1.76 bits per heavy atom. The van der Waals surface area contributed by atoms with Crippen molar-refractivity contribution in [1.82, 2.24) is 29.9 Å². The van der Waals surface area contributed by atoms with E-state index >= 15 is 0 Å². The van der Waals surface area contributed by atoms with E-state index in [1.807, 2.05) is 36.4 Å². The highest BCUT2D eigenvalue weighted by Gasteiger charge is 2.24. The van der Waals surface area contributed by atoms with Gasteiger partial charge < -0.3 is 9.84 Å². The number of pyridine rings is 1. The highest BCUT2D eigenvalue weighted by Crippen LogP contribution is 2.29. The average Bonchev–Trinajstić information content (AvgIpc) is 3.43. The number of anilines is 1. The van der Waals surface area contributed by atoms with Crippen LogP contribution in [0.25, 0.3) is 28.3 Å². The Hall–Kier alpha value is -4.40. The lowest BCUT2D eigenvalue weighted by molar-refractivity contribution is 0.102. The second-order valence-electron chi connectivity index (χ2n) is 8.95. The van der Waals surface area contributed by atoms with E-state index in [2.05, 4.69) is 51.3 Å². The minimum atomic E-state index is -0.339. The normalized spacial score (nSPS) is 11.6. The smallest absolute Gasteiger partial charge is 0.259 e. The van der Waals surface area contributed by atoms with Gasteiger partial charge in [0.25, 0.3) is 17.6 Å². The van der Waals surface area contributed by atoms with Gasteiger partial charge in [-0.1, -0.05) is 56.3 Å². The van der Waals surface area contributed by atoms with Crippen molar-refractivity contribution in [2.75, 3.05) is 5.32 Å². The molecule has 0 radical (unpaired) electrons. The predicted octanol–water partition coefficient (Wildman–Crippen LogP) is 4.72. The fourth-order valence-electron chi connectivity index (χ4n) is 3.60. The summed E-state index contributed by atoms with van der Waals surface area (Å²) in [5.41, 5.74) is 3.33. The van der Waals surface area contributed by atoms with E-state index in [0.29, 0.717) is 39.8 Å². The van der Waals surface area contributed by atoms with Gasteiger partial charge in [-0.15, -0.1) is 0 Å². The number of nitrogens with zero attached hydrogens (tertiary/aromatic N) is 6. The molecule has 5 rings (SSSR count). The summed E-state index contributed by atoms with van der Waals surface area (Å²) < 4.78 is 6.95. The summed E-state index contributed by atoms with van der Waals surface area (Å²) >= 11 is 0. The zero-order chi connectivity index (χ0) is 23.9. The highest BCUT2D eigenvalue weighted by molar-refractivity contribution is 6.12. The van der Waals surface area contributed by atoms with Crippen LogP contribution in [-0.2, 0) is 5.41 Å². The SMILES string of the molecule is Cc1noc2nc(-c3ccccc3)cc(C(=O)Nc3cc(C(C)(C)C)nn3-c3ncccn3)c12. The summed E-state index contributed by atoms with van der Waals surface area (Å²) in [6.07, 6.45) is 3.26. The number of rotatable bonds is 4. The number of nitrogens with one attached hydrogen (secondary N) is 1. The lowest BCUT2D eigenvalue weighted by atomic mass is 9.92. The van der Waals surface area contributed by atoms with Gasteiger partial charge in [0.15, 0.2) is 0 Å². The Bertz CT molecular complexity index is 1480. The van der Waals surface area contributed by atoms with E-state index in [-0.39, 0.29) is 11.3 Å². The second kappa shape index (κ2) is 8.18. The van der Waals surface area contributed by atoms with Crippen molar-refractivity contribution < 1.29 is 9.32 Å². The number of aryl methyl sites for hydroxylation is 1. The van der Waals surface area contributed by atoms with E-state index in [0.717, 1.165) is 11.3 Å². The number of carbonyl (C=O) groups excluding carboxylic acids is 1. The first-order chi connectivity index (χ1) is 16.3. The largest absolute Gasteiger partial charge is 0.335 e. The zero-order valence-electron chi connectivity index (χ0n) is 19.3. The molecule has 5 aromatic rings. The molecule has 1 amide bonds. The molecule has 9 heteroatoms. The van der Waals surface area contributed by atoms with Crippen LogP contribution in [0.5, 0.6) is 0 Å². The summed E-state index contributed by atoms with van der Waals surface area (Å²) in [4.78, 5) is 26.8. The quantitative estimate of drug-likeness (QED) is 0.419. The third-order valence-corrected chi connectivity index (χ3v) is 5.39. The summed E-state index contributed by atoms with van der Waals surface area (Å²) in [6, 6.07) is 14.9. The topological polar surface area (TPSA) is 112 Å². The van der Waals surface area contributed by atoms with Gasteiger partial charge in [-0.05, 0) is 19.1 Å². The Labute approximate surface area is 195 Å². The second-order valence-corrected chi connectivity index (χ2v) is 8.95. The van der Waals surface area contributed by atoms with Gasteiger partial charge in [0, 0.05) is 29.4 Å². The highest BCUT2D eigenvalue weighted by atomic mass is 16.5. The summed E-state index contributed by atoms with van der Waals surface area (Å²) in [5.74, 6) is 0.481. The van der Waals surface area contributed by atoms with Gasteiger partial charge in [-0.2, -0.15) is 9.78 Å². The minimum absolute atomic E-state index is 0.241. The van der Waals surface area contributed by atoms with Crippen molar-refractivity contribution in [3.8, 4) is 17.2 Å². The third-order valence-electron chi connectivity index (χ3n) is 5.39. The molecule has 0 aliphatic heterocycles. The molecule has 0 unspecified atom stereocenters. The molecule has 4 aromatic heterocycles. The number of fused-ring (bicyclic) bond motifs is 1. The molecule has 0 fully saturated rings. The number of amides is 1. The van der Waals surface area contributed by atoms with Gasteiger partial charge in [-0.25, -0.2) is 15.0 Å². The van der Waals surface area contributed by atoms with Crippen molar-refractivity contribution >= 4 is 22.8 Å². The molecule has 1 aromatic carbocycles. The molecule has 4 heterocycles. The molecule has 0 saturated heterocycles. The Kier molecular flexibility index (Phi) is 5.16. The van der Waals surface area contributed by atoms with Crippen molar-refractivity contribution in [2.45, 2.75) is 33.1 Å². The van der Waals surface area contributed by atoms with Crippen LogP contribution in [-0.4, -0.2) is 35.8 Å². The molecule has 1 N–H and O–H groups in total. The first kappa shape index (κ1) is 21.4. The fraction of sp³-hybridized carbons (Fsp3) is 0.200. The first-order valence-corrected chi connectivity index (χ1v) is 10.8. The van der Waals surface area contributed by atoms with E-state index in [9.17, 15) is 4.79 Å². The van der Waals surface area contributed by atoms with Crippen LogP contribution < -0.4 is 5.32 Å². The van der Waals surface area contributed by atoms with Crippen LogP contribution in [0.3, 0.4) is 0 Å². The van der Waals surface area contributed by atoms with Crippen LogP contribution in [0.2, 0.25) is 0 Å². The lowest BCUT2D eigenvalue weighted by Crippen LogP contribution is -2.17. The van der Waals surface area contributed by atoms with Crippen LogP contribution in [0.15, 0.2) is 65.4 Å². The standard InChI is InChI=1S/C25H23N7O2/c1-15-21-17(13-18(28-23(21)34-31-15)16-9-6-5-7-10-16)22(33)29-20-14-19(25(2,3)4)30-32(20)24-26-11-8-12-27-24/h5-14H,1-4H3,(H,29,33). The minimum Gasteiger partial charge on any atom is -0.335 e. The summed E-state index contributed by atoms with van der Waals surface area (Å²) in [5, 5.41) is 12.2. The van der Waals surface area contributed by atoms with Crippen molar-refractivity contribution in [2.24, 2.45) is 0 Å². The van der Waals surface area contributed by atoms with Crippen LogP contribution >= 0.6 is 0 Å². The number of benzene rings is 1. The fourth-order valence-corrected chi connectivity index (χ4v) is 3.60. The summed E-state index contributed by atoms with van der Waals surface area (Å²) in [7, 11) is 0. The summed E-state index contributed by atoms with van der Waals surface area (Å²) in [6.45, 7) is 7.94. The first-order valence-electron chi connectivity index (χ1n) is 10.8. The van der Waals surface area contributed by atoms with Crippen LogP contribution in [0, 0.1) is 6.92 Å². The van der Waals surface area contributed by atoms with Crippen molar-refractivity contribution in [3.63, 3.8) is 0 Å². The number of carbonyl (C=O) groups is 1. The van der Waals surface area contributed by atoms with Gasteiger partial charge in [0.2, 0.25) is 0 Å². The third kappa shape index (κ3) is 3.92. The maximum atomic E-state index is 13.6. The molecule has 0 aliphatic rings. The Morgan fingerprint density at radius 3 is 2.47 bits per heavy atom. The van der Waals surface area contributed by atoms with Crippen molar-refractivity contribution in [1.29, 1.82) is 0 Å². The molecule has 0 saturated carbocycles. The maximum Gasteiger partial charge on any atom is 0.259 e. The maximum absolute atomic E-state index is 13.6. The van der Waals surface area contributed by atoms with Crippen LogP contribution in [0.4, 0.5) is 5.82 Å². The molecular formula is C25H23N7O2. The van der Waals surface area contributed by atoms with E-state index < -0.39 is 0 Å². The predicted molar refractivity (Wildman–Crippen MR) is 128 cm³/mol. The molecular weight excluding hydrogens is 430 g/mol. The monoisotopic (exact) mass is 453 g/mol. The van der Waals surface area contributed by atoms with Gasteiger partial charge in [0.05, 0.1) is 28.0 Å². The molecule has 0 spiro atoms. The van der Waals surface area contributed by atoms with E-state index in [4.69, 9.17) is 4.52 Å². The molecule has 0 aliphatic carbocycles. The molecule has 170 valence electrons.